The van der Waals surface area contributed by atoms with E-state index in [1.165, 1.54) is 0 Å². The Morgan fingerprint density at radius 1 is 0.474 bits per heavy atom. The molecule has 0 N–H and O–H groups in total. The van der Waals surface area contributed by atoms with Gasteiger partial charge in [0.25, 0.3) is 0 Å². The molecule has 0 aliphatic heterocycles. The lowest BCUT2D eigenvalue weighted by molar-refractivity contribution is 0.324. The molecule has 0 fully saturated rings. The van der Waals surface area contributed by atoms with Crippen LogP contribution in [0.25, 0.3) is 54.2 Å². The summed E-state index contributed by atoms with van der Waals surface area (Å²) in [5.41, 5.74) is 2.24. The van der Waals surface area contributed by atoms with Gasteiger partial charge < -0.3 is 9.47 Å². The fourth-order valence-corrected chi connectivity index (χ4v) is 5.82. The van der Waals surface area contributed by atoms with E-state index in [2.05, 4.69) is 86.6 Å². The van der Waals surface area contributed by atoms with Gasteiger partial charge in [0, 0.05) is 31.6 Å². The number of hydrogen-bond acceptors (Lipinski definition) is 2. The molecule has 0 heterocycles. The monoisotopic (exact) mass is 538 g/mol. The van der Waals surface area contributed by atoms with E-state index in [-0.39, 0.29) is 0 Å². The normalized spacial score (nSPS) is 11.6. The van der Waals surface area contributed by atoms with Gasteiger partial charge in [0.15, 0.2) is 0 Å². The molecule has 6 rings (SSSR count). The topological polar surface area (TPSA) is 18.5 Å². The van der Waals surface area contributed by atoms with E-state index >= 15 is 0 Å². The number of hydrogen-bond donors (Lipinski definition) is 0. The first-order valence-corrected chi connectivity index (χ1v) is 13.9. The Hall–Kier alpha value is -3.46. The second kappa shape index (κ2) is 10.4. The molecule has 6 aromatic rings. The standard InChI is InChI=1S/C34H28Cl2O2/c1-3-17-37-33-25-11-7-5-9-23(25)31(29-19-21(35)13-15-27(29)33)32-24-10-6-8-12-26(24)34(38-18-4-2)28-16-14-22(36)20-30(28)32/h5-16,19-20H,3-4,17-18H2,1-2H3. The summed E-state index contributed by atoms with van der Waals surface area (Å²) in [5, 5.41) is 9.95. The van der Waals surface area contributed by atoms with Crippen molar-refractivity contribution in [3.05, 3.63) is 95.0 Å². The lowest BCUT2D eigenvalue weighted by atomic mass is 9.85. The van der Waals surface area contributed by atoms with E-state index in [0.29, 0.717) is 23.3 Å². The van der Waals surface area contributed by atoms with Crippen LogP contribution in [0, 0.1) is 0 Å². The molecule has 0 saturated carbocycles. The highest BCUT2D eigenvalue weighted by Crippen LogP contribution is 2.50. The molecule has 2 nitrogen and oxygen atoms in total. The molecule has 6 aromatic carbocycles. The summed E-state index contributed by atoms with van der Waals surface area (Å²) in [5.74, 6) is 1.79. The number of rotatable bonds is 7. The molecule has 0 aliphatic rings. The van der Waals surface area contributed by atoms with Crippen molar-refractivity contribution in [1.82, 2.24) is 0 Å². The molecule has 190 valence electrons. The second-order valence-electron chi connectivity index (χ2n) is 9.58. The fraction of sp³-hybridized carbons (Fsp3) is 0.176. The van der Waals surface area contributed by atoms with Crippen molar-refractivity contribution in [3.8, 4) is 22.6 Å². The van der Waals surface area contributed by atoms with Gasteiger partial charge in [-0.3, -0.25) is 0 Å². The van der Waals surface area contributed by atoms with Crippen LogP contribution in [0.2, 0.25) is 10.0 Å². The first kappa shape index (κ1) is 24.9. The van der Waals surface area contributed by atoms with Crippen LogP contribution in [0.1, 0.15) is 26.7 Å². The zero-order valence-electron chi connectivity index (χ0n) is 21.5. The quantitative estimate of drug-likeness (QED) is 0.188. The maximum Gasteiger partial charge on any atom is 0.134 e. The third kappa shape index (κ3) is 4.13. The predicted molar refractivity (Wildman–Crippen MR) is 163 cm³/mol. The van der Waals surface area contributed by atoms with Crippen LogP contribution in [0.5, 0.6) is 11.5 Å². The average molecular weight is 540 g/mol. The second-order valence-corrected chi connectivity index (χ2v) is 10.4. The van der Waals surface area contributed by atoms with Gasteiger partial charge >= 0.3 is 0 Å². The molecule has 0 aliphatic carbocycles. The summed E-state index contributed by atoms with van der Waals surface area (Å²) < 4.78 is 12.8. The smallest absolute Gasteiger partial charge is 0.134 e. The number of halogens is 2. The third-order valence-electron chi connectivity index (χ3n) is 7.02. The highest BCUT2D eigenvalue weighted by molar-refractivity contribution is 6.34. The van der Waals surface area contributed by atoms with Crippen molar-refractivity contribution in [2.45, 2.75) is 26.7 Å². The molecule has 0 unspecified atom stereocenters. The van der Waals surface area contributed by atoms with Gasteiger partial charge in [0.1, 0.15) is 11.5 Å². The summed E-state index contributed by atoms with van der Waals surface area (Å²) in [6.45, 7) is 5.54. The van der Waals surface area contributed by atoms with Crippen LogP contribution in [-0.4, -0.2) is 13.2 Å². The van der Waals surface area contributed by atoms with Gasteiger partial charge in [-0.05, 0) is 81.9 Å². The number of ether oxygens (including phenoxy) is 2. The Kier molecular flexibility index (Phi) is 6.78. The van der Waals surface area contributed by atoms with Crippen molar-refractivity contribution in [1.29, 1.82) is 0 Å². The van der Waals surface area contributed by atoms with Crippen molar-refractivity contribution in [2.75, 3.05) is 13.2 Å². The summed E-state index contributed by atoms with van der Waals surface area (Å²) >= 11 is 13.3. The zero-order chi connectivity index (χ0) is 26.2. The summed E-state index contributed by atoms with van der Waals surface area (Å²) in [4.78, 5) is 0. The van der Waals surface area contributed by atoms with Crippen LogP contribution in [0.15, 0.2) is 84.9 Å². The summed E-state index contributed by atoms with van der Waals surface area (Å²) in [6, 6.07) is 29.1. The first-order chi connectivity index (χ1) is 18.6. The van der Waals surface area contributed by atoms with Crippen molar-refractivity contribution >= 4 is 66.3 Å². The number of fused-ring (bicyclic) bond motifs is 4. The maximum absolute atomic E-state index is 6.65. The Bertz CT molecular complexity index is 1690. The van der Waals surface area contributed by atoms with Gasteiger partial charge in [0.2, 0.25) is 0 Å². The van der Waals surface area contributed by atoms with E-state index < -0.39 is 0 Å². The Labute approximate surface area is 232 Å². The predicted octanol–water partition coefficient (Wildman–Crippen LogP) is 10.9. The van der Waals surface area contributed by atoms with E-state index in [9.17, 15) is 0 Å². The molecule has 0 atom stereocenters. The number of benzene rings is 6. The molecule has 0 radical (unpaired) electrons. The fourth-order valence-electron chi connectivity index (χ4n) is 5.48. The van der Waals surface area contributed by atoms with E-state index in [4.69, 9.17) is 32.7 Å². The molecule has 0 spiro atoms. The minimum absolute atomic E-state index is 0.645. The minimum Gasteiger partial charge on any atom is -0.492 e. The molecule has 0 bridgehead atoms. The van der Waals surface area contributed by atoms with Gasteiger partial charge in [-0.25, -0.2) is 0 Å². The summed E-state index contributed by atoms with van der Waals surface area (Å²) in [7, 11) is 0. The van der Waals surface area contributed by atoms with Gasteiger partial charge in [-0.1, -0.05) is 85.6 Å². The van der Waals surface area contributed by atoms with Crippen LogP contribution >= 0.6 is 23.2 Å². The van der Waals surface area contributed by atoms with Crippen LogP contribution in [-0.2, 0) is 0 Å². The van der Waals surface area contributed by atoms with Gasteiger partial charge in [0.05, 0.1) is 13.2 Å². The average Bonchev–Trinajstić information content (AvgIpc) is 2.94. The third-order valence-corrected chi connectivity index (χ3v) is 7.49. The highest BCUT2D eigenvalue weighted by Gasteiger charge is 2.22. The SMILES string of the molecule is CCCOc1c2ccccc2c(-c2c3ccccc3c(OCCC)c3ccc(Cl)cc23)c2cc(Cl)ccc12. The zero-order valence-corrected chi connectivity index (χ0v) is 23.0. The van der Waals surface area contributed by atoms with Crippen molar-refractivity contribution in [3.63, 3.8) is 0 Å². The van der Waals surface area contributed by atoms with Crippen LogP contribution in [0.4, 0.5) is 0 Å². The van der Waals surface area contributed by atoms with E-state index in [1.54, 1.807) is 0 Å². The van der Waals surface area contributed by atoms with Crippen molar-refractivity contribution in [2.24, 2.45) is 0 Å². The molecule has 0 amide bonds. The molecular formula is C34H28Cl2O2. The Balaban J connectivity index is 1.86. The maximum atomic E-state index is 6.65. The highest BCUT2D eigenvalue weighted by atomic mass is 35.5. The lowest BCUT2D eigenvalue weighted by Crippen LogP contribution is -2.00. The van der Waals surface area contributed by atoms with E-state index in [0.717, 1.165) is 78.6 Å². The Morgan fingerprint density at radius 3 is 1.24 bits per heavy atom. The lowest BCUT2D eigenvalue weighted by Gasteiger charge is -2.22. The van der Waals surface area contributed by atoms with E-state index in [1.807, 2.05) is 12.1 Å². The minimum atomic E-state index is 0.645. The first-order valence-electron chi connectivity index (χ1n) is 13.2. The van der Waals surface area contributed by atoms with Crippen LogP contribution < -0.4 is 9.47 Å². The molecular weight excluding hydrogens is 511 g/mol. The summed E-state index contributed by atoms with van der Waals surface area (Å²) in [6.07, 6.45) is 1.86. The van der Waals surface area contributed by atoms with Crippen molar-refractivity contribution < 1.29 is 9.47 Å². The largest absolute Gasteiger partial charge is 0.492 e. The molecule has 0 saturated heterocycles. The van der Waals surface area contributed by atoms with Crippen LogP contribution in [0.3, 0.4) is 0 Å². The molecule has 0 aromatic heterocycles. The molecule has 38 heavy (non-hydrogen) atoms. The Morgan fingerprint density at radius 2 is 0.842 bits per heavy atom. The van der Waals surface area contributed by atoms with Gasteiger partial charge in [-0.2, -0.15) is 0 Å². The molecule has 4 heteroatoms. The van der Waals surface area contributed by atoms with Gasteiger partial charge in [-0.15, -0.1) is 0 Å².